The van der Waals surface area contributed by atoms with Crippen molar-refractivity contribution < 1.29 is 13.9 Å². The van der Waals surface area contributed by atoms with E-state index in [9.17, 15) is 4.39 Å². The molecule has 23 heavy (non-hydrogen) atoms. The van der Waals surface area contributed by atoms with Crippen molar-refractivity contribution in [3.8, 4) is 11.5 Å². The zero-order valence-electron chi connectivity index (χ0n) is 14.1. The molecule has 0 fully saturated rings. The van der Waals surface area contributed by atoms with Crippen LogP contribution in [0.3, 0.4) is 0 Å². The SMILES string of the molecule is CCN(CC)c1cccc([OH+]CCOc2ccc(C)cc2F)c1. The Morgan fingerprint density at radius 3 is 2.57 bits per heavy atom. The summed E-state index contributed by atoms with van der Waals surface area (Å²) in [6, 6.07) is 13.1. The molecule has 2 aromatic rings. The maximum atomic E-state index is 13.7. The Morgan fingerprint density at radius 1 is 1.09 bits per heavy atom. The molecular formula is C19H25FNO2+. The number of nitrogens with zero attached hydrogens (tertiary/aromatic N) is 1. The van der Waals surface area contributed by atoms with E-state index in [2.05, 4.69) is 35.6 Å². The van der Waals surface area contributed by atoms with Crippen LogP contribution < -0.4 is 9.64 Å². The maximum absolute atomic E-state index is 13.7. The molecular weight excluding hydrogens is 293 g/mol. The fraction of sp³-hybridized carbons (Fsp3) is 0.368. The van der Waals surface area contributed by atoms with Gasteiger partial charge in [0.2, 0.25) is 6.61 Å². The molecule has 0 unspecified atom stereocenters. The highest BCUT2D eigenvalue weighted by molar-refractivity contribution is 5.50. The van der Waals surface area contributed by atoms with Crippen LogP contribution >= 0.6 is 0 Å². The summed E-state index contributed by atoms with van der Waals surface area (Å²) in [5, 5.41) is 0. The van der Waals surface area contributed by atoms with Crippen molar-refractivity contribution in [3.05, 3.63) is 53.8 Å². The van der Waals surface area contributed by atoms with E-state index in [1.54, 1.807) is 6.07 Å². The van der Waals surface area contributed by atoms with Gasteiger partial charge in [0, 0.05) is 24.8 Å². The minimum Gasteiger partial charge on any atom is -0.580 e. The number of benzene rings is 2. The summed E-state index contributed by atoms with van der Waals surface area (Å²) >= 11 is 0. The van der Waals surface area contributed by atoms with Gasteiger partial charge in [-0.05, 0) is 44.5 Å². The smallest absolute Gasteiger partial charge is 0.256 e. The fourth-order valence-electron chi connectivity index (χ4n) is 2.43. The van der Waals surface area contributed by atoms with Crippen molar-refractivity contribution in [3.63, 3.8) is 0 Å². The van der Waals surface area contributed by atoms with Crippen molar-refractivity contribution >= 4 is 5.69 Å². The lowest BCUT2D eigenvalue weighted by Gasteiger charge is -2.20. The second-order valence-corrected chi connectivity index (χ2v) is 5.36. The second kappa shape index (κ2) is 8.42. The van der Waals surface area contributed by atoms with Gasteiger partial charge in [-0.3, -0.25) is 0 Å². The maximum Gasteiger partial charge on any atom is 0.256 e. The van der Waals surface area contributed by atoms with Crippen molar-refractivity contribution in [2.45, 2.75) is 20.8 Å². The molecule has 4 heteroatoms. The summed E-state index contributed by atoms with van der Waals surface area (Å²) in [5.74, 6) is 0.874. The Kier molecular flexibility index (Phi) is 6.27. The first-order valence-corrected chi connectivity index (χ1v) is 8.05. The third-order valence-corrected chi connectivity index (χ3v) is 3.69. The van der Waals surface area contributed by atoms with Gasteiger partial charge in [-0.15, -0.1) is 0 Å². The van der Waals surface area contributed by atoms with Crippen molar-refractivity contribution in [2.75, 3.05) is 31.2 Å². The molecule has 0 spiro atoms. The standard InChI is InChI=1S/C19H24FNO2/c1-4-21(5-2)16-7-6-8-17(14-16)22-11-12-23-19-10-9-15(3)13-18(19)20/h6-10,13-14H,4-5,11-12H2,1-3H3/p+1. The molecule has 0 radical (unpaired) electrons. The summed E-state index contributed by atoms with van der Waals surface area (Å²) in [5.41, 5.74) is 2.05. The molecule has 2 rings (SSSR count). The highest BCUT2D eigenvalue weighted by atomic mass is 19.1. The lowest BCUT2D eigenvalue weighted by atomic mass is 10.2. The van der Waals surface area contributed by atoms with E-state index in [0.29, 0.717) is 13.2 Å². The van der Waals surface area contributed by atoms with E-state index in [4.69, 9.17) is 4.74 Å². The molecule has 2 aromatic carbocycles. The molecule has 124 valence electrons. The van der Waals surface area contributed by atoms with Crippen LogP contribution in [0.25, 0.3) is 0 Å². The van der Waals surface area contributed by atoms with E-state index in [1.807, 2.05) is 25.1 Å². The molecule has 0 atom stereocenters. The van der Waals surface area contributed by atoms with Crippen LogP contribution in [0.4, 0.5) is 10.1 Å². The zero-order valence-corrected chi connectivity index (χ0v) is 14.1. The Morgan fingerprint density at radius 2 is 1.87 bits per heavy atom. The van der Waals surface area contributed by atoms with Crippen molar-refractivity contribution in [1.29, 1.82) is 0 Å². The van der Waals surface area contributed by atoms with Gasteiger partial charge in [-0.2, -0.15) is 0 Å². The number of ether oxygens (including phenoxy) is 2. The molecule has 1 N–H and O–H groups in total. The first-order valence-electron chi connectivity index (χ1n) is 8.05. The monoisotopic (exact) mass is 318 g/mol. The third-order valence-electron chi connectivity index (χ3n) is 3.69. The van der Waals surface area contributed by atoms with Crippen LogP contribution in [-0.4, -0.2) is 31.0 Å². The number of anilines is 1. The summed E-state index contributed by atoms with van der Waals surface area (Å²) < 4.78 is 23.6. The Hall–Kier alpha value is -2.23. The second-order valence-electron chi connectivity index (χ2n) is 5.36. The highest BCUT2D eigenvalue weighted by Crippen LogP contribution is 2.22. The average molecular weight is 318 g/mol. The number of aromatic hydroxyl groups is 1. The molecule has 0 aliphatic carbocycles. The third kappa shape index (κ3) is 4.88. The van der Waals surface area contributed by atoms with Gasteiger partial charge in [0.05, 0.1) is 6.07 Å². The highest BCUT2D eigenvalue weighted by Gasteiger charge is 2.07. The number of hydrogen-bond acceptors (Lipinski definition) is 2. The van der Waals surface area contributed by atoms with Crippen LogP contribution in [0.5, 0.6) is 11.5 Å². The molecule has 0 saturated carbocycles. The summed E-state index contributed by atoms with van der Waals surface area (Å²) in [4.78, 5) is 2.27. The number of aliphatic hydroxyl groups is 1. The van der Waals surface area contributed by atoms with Gasteiger partial charge in [0.15, 0.2) is 18.2 Å². The predicted octanol–water partition coefficient (Wildman–Crippen LogP) is 4.30. The zero-order chi connectivity index (χ0) is 16.7. The van der Waals surface area contributed by atoms with Gasteiger partial charge in [0.1, 0.15) is 0 Å². The number of aryl methyl sites for hydroxylation is 1. The molecule has 0 amide bonds. The van der Waals surface area contributed by atoms with Crippen molar-refractivity contribution in [1.82, 2.24) is 0 Å². The summed E-state index contributed by atoms with van der Waals surface area (Å²) in [7, 11) is 0. The van der Waals surface area contributed by atoms with Gasteiger partial charge in [-0.1, -0.05) is 12.1 Å². The lowest BCUT2D eigenvalue weighted by molar-refractivity contribution is 0.0413. The van der Waals surface area contributed by atoms with E-state index in [1.165, 1.54) is 11.8 Å². The van der Waals surface area contributed by atoms with E-state index < -0.39 is 0 Å². The molecule has 0 aromatic heterocycles. The molecule has 0 saturated heterocycles. The van der Waals surface area contributed by atoms with E-state index in [-0.39, 0.29) is 11.6 Å². The quantitative estimate of drug-likeness (QED) is 0.535. The molecule has 0 heterocycles. The van der Waals surface area contributed by atoms with Crippen LogP contribution in [-0.2, 0) is 0 Å². The van der Waals surface area contributed by atoms with E-state index >= 15 is 0 Å². The summed E-state index contributed by atoms with van der Waals surface area (Å²) in [6.45, 7) is 8.91. The van der Waals surface area contributed by atoms with Gasteiger partial charge < -0.3 is 14.4 Å². The molecule has 0 aliphatic heterocycles. The molecule has 0 bridgehead atoms. The van der Waals surface area contributed by atoms with Crippen LogP contribution in [0.15, 0.2) is 42.5 Å². The van der Waals surface area contributed by atoms with Crippen LogP contribution in [0.1, 0.15) is 19.4 Å². The van der Waals surface area contributed by atoms with Gasteiger partial charge in [-0.25, -0.2) is 4.39 Å². The minimum absolute atomic E-state index is 0.280. The minimum atomic E-state index is -0.325. The molecule has 0 aliphatic rings. The largest absolute Gasteiger partial charge is 0.580 e. The number of halogens is 1. The Bertz CT molecular complexity index is 627. The Labute approximate surface area is 137 Å². The van der Waals surface area contributed by atoms with Crippen LogP contribution in [0, 0.1) is 12.7 Å². The Balaban J connectivity index is 1.85. The first-order chi connectivity index (χ1) is 11.1. The lowest BCUT2D eigenvalue weighted by Crippen LogP contribution is -2.21. The van der Waals surface area contributed by atoms with Crippen LogP contribution in [0.2, 0.25) is 0 Å². The number of rotatable bonds is 8. The normalized spacial score (nSPS) is 10.4. The topological polar surface area (TPSA) is 25.3 Å². The predicted molar refractivity (Wildman–Crippen MR) is 93.2 cm³/mol. The van der Waals surface area contributed by atoms with Gasteiger partial charge in [0.25, 0.3) is 5.75 Å². The van der Waals surface area contributed by atoms with Crippen molar-refractivity contribution in [2.24, 2.45) is 0 Å². The summed E-state index contributed by atoms with van der Waals surface area (Å²) in [6.07, 6.45) is 0. The fourth-order valence-corrected chi connectivity index (χ4v) is 2.43. The average Bonchev–Trinajstić information content (AvgIpc) is 2.55. The number of hydrogen-bond donors (Lipinski definition) is 0. The molecule has 3 nitrogen and oxygen atoms in total. The first kappa shape index (κ1) is 17.1. The van der Waals surface area contributed by atoms with Gasteiger partial charge >= 0.3 is 0 Å². The van der Waals surface area contributed by atoms with E-state index in [0.717, 1.165) is 24.4 Å².